The molecule has 108 valence electrons. The number of nitrogens with one attached hydrogen (secondary N) is 1. The number of rotatable bonds is 5. The number of esters is 1. The molecule has 1 N–H and O–H groups in total. The molecule has 1 aromatic rings. The third-order valence-corrected chi connectivity index (χ3v) is 3.19. The Bertz CT molecular complexity index is 523. The number of amides is 1. The predicted octanol–water partition coefficient (Wildman–Crippen LogP) is 2.28. The van der Waals surface area contributed by atoms with Crippen LogP contribution in [0.3, 0.4) is 0 Å². The van der Waals surface area contributed by atoms with Gasteiger partial charge in [-0.15, -0.1) is 0 Å². The first kappa shape index (κ1) is 14.4. The third-order valence-electron chi connectivity index (χ3n) is 3.19. The number of aryl methyl sites for hydroxylation is 1. The molecule has 1 saturated carbocycles. The van der Waals surface area contributed by atoms with E-state index in [1.165, 1.54) is 7.11 Å². The molecule has 20 heavy (non-hydrogen) atoms. The van der Waals surface area contributed by atoms with Gasteiger partial charge < -0.3 is 14.8 Å². The van der Waals surface area contributed by atoms with E-state index in [0.29, 0.717) is 11.4 Å². The monoisotopic (exact) mass is 277 g/mol. The first-order valence-corrected chi connectivity index (χ1v) is 6.67. The van der Waals surface area contributed by atoms with Crippen molar-refractivity contribution < 1.29 is 19.1 Å². The normalized spacial score (nSPS) is 15.3. The van der Waals surface area contributed by atoms with Crippen LogP contribution in [0.2, 0.25) is 0 Å². The molecule has 0 aromatic heterocycles. The highest BCUT2D eigenvalue weighted by atomic mass is 16.5. The zero-order valence-corrected chi connectivity index (χ0v) is 11.9. The van der Waals surface area contributed by atoms with Crippen LogP contribution in [0, 0.1) is 12.8 Å². The van der Waals surface area contributed by atoms with E-state index in [1.807, 2.05) is 19.1 Å². The molecular weight excluding hydrogens is 258 g/mol. The summed E-state index contributed by atoms with van der Waals surface area (Å²) in [6, 6.07) is 5.49. The van der Waals surface area contributed by atoms with Crippen LogP contribution < -0.4 is 10.1 Å². The topological polar surface area (TPSA) is 64.6 Å². The number of carbonyl (C=O) groups excluding carboxylic acids is 2. The second-order valence-corrected chi connectivity index (χ2v) is 5.05. The molecule has 0 heterocycles. The number of ether oxygens (including phenoxy) is 2. The van der Waals surface area contributed by atoms with E-state index in [9.17, 15) is 9.59 Å². The van der Waals surface area contributed by atoms with Gasteiger partial charge in [-0.1, -0.05) is 6.07 Å². The van der Waals surface area contributed by atoms with Crippen molar-refractivity contribution in [2.45, 2.75) is 32.8 Å². The third kappa shape index (κ3) is 3.50. The van der Waals surface area contributed by atoms with Crippen LogP contribution in [0.1, 0.15) is 25.3 Å². The minimum atomic E-state index is -0.812. The van der Waals surface area contributed by atoms with Gasteiger partial charge in [0.1, 0.15) is 5.75 Å². The van der Waals surface area contributed by atoms with Gasteiger partial charge in [0.15, 0.2) is 6.10 Å². The fraction of sp³-hybridized carbons (Fsp3) is 0.467. The summed E-state index contributed by atoms with van der Waals surface area (Å²) in [5.41, 5.74) is 1.58. The molecule has 5 heteroatoms. The van der Waals surface area contributed by atoms with E-state index in [-0.39, 0.29) is 17.8 Å². The maximum Gasteiger partial charge on any atom is 0.309 e. The maximum atomic E-state index is 12.0. The highest BCUT2D eigenvalue weighted by Crippen LogP contribution is 2.30. The quantitative estimate of drug-likeness (QED) is 0.839. The SMILES string of the molecule is COc1ccc(C)cc1NC(=O)[C@@H](C)OC(=O)C1CC1. The molecule has 0 spiro atoms. The summed E-state index contributed by atoms with van der Waals surface area (Å²) in [5, 5.41) is 2.73. The van der Waals surface area contributed by atoms with Crippen LogP contribution in [0.15, 0.2) is 18.2 Å². The lowest BCUT2D eigenvalue weighted by Crippen LogP contribution is -2.30. The van der Waals surface area contributed by atoms with Crippen molar-refractivity contribution in [1.82, 2.24) is 0 Å². The molecule has 0 saturated heterocycles. The molecule has 0 radical (unpaired) electrons. The maximum absolute atomic E-state index is 12.0. The van der Waals surface area contributed by atoms with Gasteiger partial charge in [0.2, 0.25) is 0 Å². The van der Waals surface area contributed by atoms with E-state index < -0.39 is 6.10 Å². The Morgan fingerprint density at radius 2 is 2.05 bits per heavy atom. The van der Waals surface area contributed by atoms with Gasteiger partial charge in [0.05, 0.1) is 18.7 Å². The minimum Gasteiger partial charge on any atom is -0.495 e. The lowest BCUT2D eigenvalue weighted by atomic mass is 10.2. The molecular formula is C15H19NO4. The lowest BCUT2D eigenvalue weighted by Gasteiger charge is -2.15. The number of methoxy groups -OCH3 is 1. The van der Waals surface area contributed by atoms with Crippen LogP contribution in [-0.4, -0.2) is 25.1 Å². The first-order valence-electron chi connectivity index (χ1n) is 6.67. The summed E-state index contributed by atoms with van der Waals surface area (Å²) in [6.45, 7) is 3.49. The van der Waals surface area contributed by atoms with Crippen LogP contribution in [-0.2, 0) is 14.3 Å². The van der Waals surface area contributed by atoms with Gasteiger partial charge >= 0.3 is 5.97 Å². The summed E-state index contributed by atoms with van der Waals surface area (Å²) < 4.78 is 10.3. The molecule has 5 nitrogen and oxygen atoms in total. The van der Waals surface area contributed by atoms with Crippen molar-refractivity contribution in [3.05, 3.63) is 23.8 Å². The summed E-state index contributed by atoms with van der Waals surface area (Å²) >= 11 is 0. The molecule has 1 amide bonds. The Kier molecular flexibility index (Phi) is 4.27. The second-order valence-electron chi connectivity index (χ2n) is 5.05. The fourth-order valence-electron chi connectivity index (χ4n) is 1.80. The van der Waals surface area contributed by atoms with Gasteiger partial charge in [-0.25, -0.2) is 0 Å². The number of hydrogen-bond acceptors (Lipinski definition) is 4. The van der Waals surface area contributed by atoms with Crippen LogP contribution in [0.4, 0.5) is 5.69 Å². The average Bonchev–Trinajstić information content (AvgIpc) is 3.23. The Balaban J connectivity index is 1.99. The Morgan fingerprint density at radius 1 is 1.35 bits per heavy atom. The smallest absolute Gasteiger partial charge is 0.309 e. The molecule has 0 bridgehead atoms. The number of anilines is 1. The van der Waals surface area contributed by atoms with Crippen molar-refractivity contribution >= 4 is 17.6 Å². The van der Waals surface area contributed by atoms with Crippen molar-refractivity contribution in [1.29, 1.82) is 0 Å². The molecule has 2 rings (SSSR count). The Hall–Kier alpha value is -2.04. The first-order chi connectivity index (χ1) is 9.51. The van der Waals surface area contributed by atoms with Gasteiger partial charge in [-0.2, -0.15) is 0 Å². The number of carbonyl (C=O) groups is 2. The summed E-state index contributed by atoms with van der Waals surface area (Å²) in [7, 11) is 1.54. The van der Waals surface area contributed by atoms with Gasteiger partial charge in [-0.3, -0.25) is 9.59 Å². The average molecular weight is 277 g/mol. The summed E-state index contributed by atoms with van der Waals surface area (Å²) in [5.74, 6) is -0.0878. The number of benzene rings is 1. The van der Waals surface area contributed by atoms with Crippen LogP contribution in [0.25, 0.3) is 0 Å². The molecule has 1 atom stereocenters. The highest BCUT2D eigenvalue weighted by molar-refractivity contribution is 5.96. The minimum absolute atomic E-state index is 0.0150. The van der Waals surface area contributed by atoms with Crippen molar-refractivity contribution in [2.24, 2.45) is 5.92 Å². The number of hydrogen-bond donors (Lipinski definition) is 1. The van der Waals surface area contributed by atoms with Crippen molar-refractivity contribution in [3.63, 3.8) is 0 Å². The van der Waals surface area contributed by atoms with E-state index >= 15 is 0 Å². The second kappa shape index (κ2) is 5.94. The van der Waals surface area contributed by atoms with Gasteiger partial charge in [0.25, 0.3) is 5.91 Å². The predicted molar refractivity (Wildman–Crippen MR) is 74.6 cm³/mol. The summed E-state index contributed by atoms with van der Waals surface area (Å²) in [4.78, 5) is 23.5. The molecule has 0 aliphatic heterocycles. The standard InChI is InChI=1S/C15H19NO4/c1-9-4-7-13(19-3)12(8-9)16-14(17)10(2)20-15(18)11-5-6-11/h4,7-8,10-11H,5-6H2,1-3H3,(H,16,17)/t10-/m1/s1. The Labute approximate surface area is 118 Å². The molecule has 1 aliphatic carbocycles. The van der Waals surface area contributed by atoms with E-state index in [2.05, 4.69) is 5.32 Å². The van der Waals surface area contributed by atoms with E-state index in [4.69, 9.17) is 9.47 Å². The van der Waals surface area contributed by atoms with Crippen molar-refractivity contribution in [2.75, 3.05) is 12.4 Å². The van der Waals surface area contributed by atoms with E-state index in [1.54, 1.807) is 13.0 Å². The molecule has 1 aromatic carbocycles. The van der Waals surface area contributed by atoms with E-state index in [0.717, 1.165) is 18.4 Å². The Morgan fingerprint density at radius 3 is 2.65 bits per heavy atom. The molecule has 0 unspecified atom stereocenters. The zero-order chi connectivity index (χ0) is 14.7. The van der Waals surface area contributed by atoms with Crippen LogP contribution >= 0.6 is 0 Å². The highest BCUT2D eigenvalue weighted by Gasteiger charge is 2.33. The largest absolute Gasteiger partial charge is 0.495 e. The molecule has 1 aliphatic rings. The molecule has 1 fully saturated rings. The van der Waals surface area contributed by atoms with Gasteiger partial charge in [0, 0.05) is 0 Å². The van der Waals surface area contributed by atoms with Gasteiger partial charge in [-0.05, 0) is 44.4 Å². The van der Waals surface area contributed by atoms with Crippen molar-refractivity contribution in [3.8, 4) is 5.75 Å². The summed E-state index contributed by atoms with van der Waals surface area (Å²) in [6.07, 6.45) is 0.908. The lowest BCUT2D eigenvalue weighted by molar-refractivity contribution is -0.154. The van der Waals surface area contributed by atoms with Crippen LogP contribution in [0.5, 0.6) is 5.75 Å². The zero-order valence-electron chi connectivity index (χ0n) is 11.9. The fourth-order valence-corrected chi connectivity index (χ4v) is 1.80.